The molecule has 5 heteroatoms. The molecule has 0 radical (unpaired) electrons. The maximum Gasteiger partial charge on any atom is 0.306 e. The van der Waals surface area contributed by atoms with Gasteiger partial charge in [-0.2, -0.15) is 0 Å². The summed E-state index contributed by atoms with van der Waals surface area (Å²) < 4.78 is 17.3. The molecule has 0 aliphatic heterocycles. The molecule has 0 rings (SSSR count). The van der Waals surface area contributed by atoms with E-state index in [4.69, 9.17) is 14.2 Å². The molecule has 0 aromatic heterocycles. The van der Waals surface area contributed by atoms with E-state index in [1.165, 1.54) is 154 Å². The van der Waals surface area contributed by atoms with Gasteiger partial charge in [-0.05, 0) is 51.4 Å². The largest absolute Gasteiger partial charge is 0.462 e. The van der Waals surface area contributed by atoms with Crippen molar-refractivity contribution in [3.05, 3.63) is 36.5 Å². The monoisotopic (exact) mass is 787 g/mol. The molecular weight excluding hydrogens is 693 g/mol. The van der Waals surface area contributed by atoms with E-state index in [-0.39, 0.29) is 18.5 Å². The van der Waals surface area contributed by atoms with Crippen LogP contribution in [0.5, 0.6) is 0 Å². The molecule has 0 bridgehead atoms. The first kappa shape index (κ1) is 54.1. The molecule has 0 amide bonds. The summed E-state index contributed by atoms with van der Waals surface area (Å²) in [7, 11) is 0. The molecule has 0 fully saturated rings. The van der Waals surface area contributed by atoms with Gasteiger partial charge in [0.1, 0.15) is 6.61 Å². The fraction of sp³-hybridized carbons (Fsp3) is 0.843. The highest BCUT2D eigenvalue weighted by molar-refractivity contribution is 5.70. The molecule has 0 spiro atoms. The Kier molecular flexibility index (Phi) is 45.9. The van der Waals surface area contributed by atoms with Crippen LogP contribution in [0.3, 0.4) is 0 Å². The van der Waals surface area contributed by atoms with E-state index in [1.807, 2.05) is 0 Å². The lowest BCUT2D eigenvalue weighted by Crippen LogP contribution is -2.30. The van der Waals surface area contributed by atoms with Gasteiger partial charge in [0.2, 0.25) is 0 Å². The van der Waals surface area contributed by atoms with Gasteiger partial charge in [-0.15, -0.1) is 0 Å². The van der Waals surface area contributed by atoms with E-state index in [2.05, 4.69) is 57.2 Å². The molecule has 0 aromatic rings. The lowest BCUT2D eigenvalue weighted by molar-refractivity contribution is -0.163. The summed E-state index contributed by atoms with van der Waals surface area (Å²) in [6, 6.07) is 0. The molecule has 1 atom stereocenters. The van der Waals surface area contributed by atoms with E-state index in [9.17, 15) is 9.59 Å². The highest BCUT2D eigenvalue weighted by Gasteiger charge is 2.17. The first-order valence-corrected chi connectivity index (χ1v) is 24.5. The number of hydrogen-bond donors (Lipinski definition) is 0. The second-order valence-corrected chi connectivity index (χ2v) is 16.4. The normalized spacial score (nSPS) is 12.4. The third-order valence-electron chi connectivity index (χ3n) is 10.7. The highest BCUT2D eigenvalue weighted by Crippen LogP contribution is 2.15. The third kappa shape index (κ3) is 44.8. The maximum absolute atomic E-state index is 12.6. The molecule has 0 aliphatic carbocycles. The van der Waals surface area contributed by atoms with Gasteiger partial charge in [0.25, 0.3) is 0 Å². The molecule has 5 nitrogen and oxygen atoms in total. The van der Waals surface area contributed by atoms with Crippen LogP contribution in [0.1, 0.15) is 252 Å². The zero-order chi connectivity index (χ0) is 40.7. The van der Waals surface area contributed by atoms with Gasteiger partial charge < -0.3 is 14.2 Å². The Labute approximate surface area is 349 Å². The lowest BCUT2D eigenvalue weighted by Gasteiger charge is -2.18. The zero-order valence-corrected chi connectivity index (χ0v) is 37.7. The van der Waals surface area contributed by atoms with E-state index in [1.54, 1.807) is 0 Å². The van der Waals surface area contributed by atoms with Gasteiger partial charge in [0, 0.05) is 19.4 Å². The van der Waals surface area contributed by atoms with Gasteiger partial charge >= 0.3 is 11.9 Å². The molecule has 0 heterocycles. The first-order chi connectivity index (χ1) is 27.6. The van der Waals surface area contributed by atoms with E-state index in [0.29, 0.717) is 26.1 Å². The number of allylic oxidation sites excluding steroid dienone is 6. The fourth-order valence-corrected chi connectivity index (χ4v) is 7.05. The van der Waals surface area contributed by atoms with Gasteiger partial charge in [0.05, 0.1) is 6.61 Å². The van der Waals surface area contributed by atoms with Crippen molar-refractivity contribution in [1.82, 2.24) is 0 Å². The van der Waals surface area contributed by atoms with Crippen LogP contribution in [-0.2, 0) is 23.8 Å². The molecule has 56 heavy (non-hydrogen) atoms. The molecule has 1 unspecified atom stereocenters. The SMILES string of the molecule is CC/C=C\C/C=C\C/C=C\CCCCCCCCCC(=O)OCC(COCCCCCCCCCCCCCCCCCC)OC(=O)CCCCCCCCC. The van der Waals surface area contributed by atoms with Crippen molar-refractivity contribution in [3.63, 3.8) is 0 Å². The van der Waals surface area contributed by atoms with Gasteiger partial charge in [0.15, 0.2) is 6.10 Å². The van der Waals surface area contributed by atoms with Crippen molar-refractivity contribution >= 4 is 11.9 Å². The number of ether oxygens (including phenoxy) is 3. The highest BCUT2D eigenvalue weighted by atomic mass is 16.6. The van der Waals surface area contributed by atoms with Crippen LogP contribution in [-0.4, -0.2) is 37.9 Å². The lowest BCUT2D eigenvalue weighted by atomic mass is 10.0. The van der Waals surface area contributed by atoms with Crippen molar-refractivity contribution in [2.75, 3.05) is 19.8 Å². The molecule has 328 valence electrons. The average Bonchev–Trinajstić information content (AvgIpc) is 3.20. The van der Waals surface area contributed by atoms with Crippen molar-refractivity contribution < 1.29 is 23.8 Å². The summed E-state index contributed by atoms with van der Waals surface area (Å²) in [5.74, 6) is -0.403. The molecule has 0 N–H and O–H groups in total. The Hall–Kier alpha value is -1.88. The van der Waals surface area contributed by atoms with Crippen LogP contribution in [0.15, 0.2) is 36.5 Å². The summed E-state index contributed by atoms with van der Waals surface area (Å²) in [5, 5.41) is 0. The minimum atomic E-state index is -0.531. The predicted octanol–water partition coefficient (Wildman–Crippen LogP) is 16.2. The van der Waals surface area contributed by atoms with Crippen LogP contribution in [0.25, 0.3) is 0 Å². The molecule has 0 saturated carbocycles. The first-order valence-electron chi connectivity index (χ1n) is 24.5. The number of rotatable bonds is 45. The Balaban J connectivity index is 4.11. The van der Waals surface area contributed by atoms with E-state index >= 15 is 0 Å². The zero-order valence-electron chi connectivity index (χ0n) is 37.7. The summed E-state index contributed by atoms with van der Waals surface area (Å²) in [6.45, 7) is 7.71. The number of unbranched alkanes of at least 4 members (excludes halogenated alkanes) is 28. The fourth-order valence-electron chi connectivity index (χ4n) is 7.05. The number of esters is 2. The van der Waals surface area contributed by atoms with Crippen molar-refractivity contribution in [1.29, 1.82) is 0 Å². The Morgan fingerprint density at radius 2 is 0.804 bits per heavy atom. The van der Waals surface area contributed by atoms with Gasteiger partial charge in [-0.1, -0.05) is 224 Å². The smallest absolute Gasteiger partial charge is 0.306 e. The Morgan fingerprint density at radius 3 is 1.29 bits per heavy atom. The van der Waals surface area contributed by atoms with E-state index < -0.39 is 6.10 Å². The molecule has 0 aromatic carbocycles. The molecule has 0 aliphatic rings. The van der Waals surface area contributed by atoms with Crippen molar-refractivity contribution in [2.45, 2.75) is 258 Å². The van der Waals surface area contributed by atoms with Crippen molar-refractivity contribution in [3.8, 4) is 0 Å². The van der Waals surface area contributed by atoms with Gasteiger partial charge in [-0.3, -0.25) is 9.59 Å². The van der Waals surface area contributed by atoms with Crippen LogP contribution >= 0.6 is 0 Å². The topological polar surface area (TPSA) is 61.8 Å². The van der Waals surface area contributed by atoms with Gasteiger partial charge in [-0.25, -0.2) is 0 Å². The molecular formula is C51H94O5. The second kappa shape index (κ2) is 47.5. The predicted molar refractivity (Wildman–Crippen MR) is 242 cm³/mol. The number of hydrogen-bond acceptors (Lipinski definition) is 5. The number of carbonyl (C=O) groups is 2. The van der Waals surface area contributed by atoms with Crippen molar-refractivity contribution in [2.24, 2.45) is 0 Å². The summed E-state index contributed by atoms with van der Waals surface area (Å²) in [4.78, 5) is 25.2. The summed E-state index contributed by atoms with van der Waals surface area (Å²) >= 11 is 0. The Morgan fingerprint density at radius 1 is 0.411 bits per heavy atom. The minimum absolute atomic E-state index is 0.0849. The summed E-state index contributed by atoms with van der Waals surface area (Å²) in [6.07, 6.45) is 55.9. The van der Waals surface area contributed by atoms with E-state index in [0.717, 1.165) is 64.2 Å². The minimum Gasteiger partial charge on any atom is -0.462 e. The third-order valence-corrected chi connectivity index (χ3v) is 10.7. The average molecular weight is 787 g/mol. The second-order valence-electron chi connectivity index (χ2n) is 16.4. The van der Waals surface area contributed by atoms with Crippen LogP contribution in [0, 0.1) is 0 Å². The molecule has 0 saturated heterocycles. The number of carbonyl (C=O) groups excluding carboxylic acids is 2. The van der Waals surface area contributed by atoms with Crippen LogP contribution in [0.2, 0.25) is 0 Å². The van der Waals surface area contributed by atoms with Crippen LogP contribution < -0.4 is 0 Å². The Bertz CT molecular complexity index is 893. The maximum atomic E-state index is 12.6. The van der Waals surface area contributed by atoms with Crippen LogP contribution in [0.4, 0.5) is 0 Å². The standard InChI is InChI=1S/C51H94O5/c1-4-7-10-13-16-18-20-22-24-26-27-29-31-33-36-38-41-44-50(52)55-48-49(56-51(53)45-42-39-35-15-12-9-6-3)47-54-46-43-40-37-34-32-30-28-25-23-21-19-17-14-11-8-5-2/h7,10,16,18,22,24,49H,4-6,8-9,11-15,17,19-21,23,25-48H2,1-3H3/b10-7-,18-16-,24-22-. The summed E-state index contributed by atoms with van der Waals surface area (Å²) in [5.41, 5.74) is 0. The quantitative estimate of drug-likeness (QED) is 0.0349.